The van der Waals surface area contributed by atoms with Gasteiger partial charge in [-0.05, 0) is 19.1 Å². The molecule has 1 aliphatic rings. The van der Waals surface area contributed by atoms with E-state index < -0.39 is 0 Å². The molecule has 1 aliphatic heterocycles. The maximum atomic E-state index is 12.0. The van der Waals surface area contributed by atoms with Crippen molar-refractivity contribution in [3.8, 4) is 0 Å². The van der Waals surface area contributed by atoms with Crippen LogP contribution in [0.5, 0.6) is 0 Å². The number of rotatable bonds is 4. The molecule has 0 bridgehead atoms. The van der Waals surface area contributed by atoms with Crippen molar-refractivity contribution < 1.29 is 9.53 Å². The predicted molar refractivity (Wildman–Crippen MR) is 75.6 cm³/mol. The molecule has 1 fully saturated rings. The topological polar surface area (TPSA) is 45.7 Å². The van der Waals surface area contributed by atoms with Crippen molar-refractivity contribution in [3.63, 3.8) is 0 Å². The number of carbonyl (C=O) groups is 1. The van der Waals surface area contributed by atoms with E-state index in [1.165, 1.54) is 0 Å². The Kier molecular flexibility index (Phi) is 4.74. The number of carbonyl (C=O) groups excluding carboxylic acids is 1. The molecule has 2 rings (SSSR count). The first-order chi connectivity index (χ1) is 9.27. The number of aromatic nitrogens is 1. The van der Waals surface area contributed by atoms with Gasteiger partial charge < -0.3 is 9.64 Å². The minimum Gasteiger partial charge on any atom is -0.378 e. The van der Waals surface area contributed by atoms with Gasteiger partial charge in [-0.15, -0.1) is 0 Å². The van der Waals surface area contributed by atoms with Crippen LogP contribution < -0.4 is 9.80 Å². The number of anilines is 2. The second kappa shape index (κ2) is 6.52. The molecule has 0 N–H and O–H groups in total. The van der Waals surface area contributed by atoms with Gasteiger partial charge in [-0.1, -0.05) is 6.92 Å². The molecule has 5 nitrogen and oxygen atoms in total. The summed E-state index contributed by atoms with van der Waals surface area (Å²) in [5.74, 6) is 0.870. The monoisotopic (exact) mass is 263 g/mol. The zero-order chi connectivity index (χ0) is 13.7. The van der Waals surface area contributed by atoms with Crippen LogP contribution in [-0.4, -0.2) is 43.7 Å². The van der Waals surface area contributed by atoms with Crippen molar-refractivity contribution in [2.24, 2.45) is 0 Å². The molecule has 1 aromatic heterocycles. The molecule has 0 aliphatic carbocycles. The van der Waals surface area contributed by atoms with E-state index in [1.807, 2.05) is 26.0 Å². The molecule has 0 unspecified atom stereocenters. The van der Waals surface area contributed by atoms with E-state index in [4.69, 9.17) is 4.74 Å². The third-order valence-corrected chi connectivity index (χ3v) is 3.29. The van der Waals surface area contributed by atoms with Gasteiger partial charge in [0.25, 0.3) is 0 Å². The second-order valence-electron chi connectivity index (χ2n) is 4.44. The van der Waals surface area contributed by atoms with E-state index in [2.05, 4.69) is 9.88 Å². The number of hydrogen-bond donors (Lipinski definition) is 0. The highest BCUT2D eigenvalue weighted by molar-refractivity contribution is 5.95. The van der Waals surface area contributed by atoms with Crippen LogP contribution >= 0.6 is 0 Å². The molecule has 0 aromatic carbocycles. The van der Waals surface area contributed by atoms with Gasteiger partial charge in [0.15, 0.2) is 5.82 Å². The summed E-state index contributed by atoms with van der Waals surface area (Å²) in [4.78, 5) is 20.4. The average molecular weight is 263 g/mol. The van der Waals surface area contributed by atoms with Crippen molar-refractivity contribution in [2.75, 3.05) is 42.6 Å². The fourth-order valence-electron chi connectivity index (χ4n) is 2.28. The number of hydrogen-bond acceptors (Lipinski definition) is 4. The van der Waals surface area contributed by atoms with E-state index in [9.17, 15) is 4.79 Å². The average Bonchev–Trinajstić information content (AvgIpc) is 2.49. The number of ether oxygens (including phenoxy) is 1. The Bertz CT molecular complexity index is 430. The summed E-state index contributed by atoms with van der Waals surface area (Å²) in [5.41, 5.74) is 1.02. The Morgan fingerprint density at radius 1 is 1.42 bits per heavy atom. The summed E-state index contributed by atoms with van der Waals surface area (Å²) in [5, 5.41) is 0. The van der Waals surface area contributed by atoms with Crippen molar-refractivity contribution in [3.05, 3.63) is 18.3 Å². The maximum absolute atomic E-state index is 12.0. The maximum Gasteiger partial charge on any atom is 0.227 e. The third-order valence-electron chi connectivity index (χ3n) is 3.29. The summed E-state index contributed by atoms with van der Waals surface area (Å²) < 4.78 is 5.37. The standard InChI is InChI=1S/C14H21N3O2/c1-3-13(18)17(4-2)14-12(6-5-7-15-14)16-8-10-19-11-9-16/h5-7H,3-4,8-11H2,1-2H3. The zero-order valence-electron chi connectivity index (χ0n) is 11.6. The van der Waals surface area contributed by atoms with Crippen LogP contribution in [0.1, 0.15) is 20.3 Å². The lowest BCUT2D eigenvalue weighted by Crippen LogP contribution is -2.39. The smallest absolute Gasteiger partial charge is 0.227 e. The molecule has 1 amide bonds. The lowest BCUT2D eigenvalue weighted by Gasteiger charge is -2.32. The van der Waals surface area contributed by atoms with Gasteiger partial charge in [-0.3, -0.25) is 9.69 Å². The first kappa shape index (κ1) is 13.8. The summed E-state index contributed by atoms with van der Waals surface area (Å²) in [6.07, 6.45) is 2.23. The third kappa shape index (κ3) is 3.04. The summed E-state index contributed by atoms with van der Waals surface area (Å²) in [7, 11) is 0. The van der Waals surface area contributed by atoms with Crippen molar-refractivity contribution in [1.29, 1.82) is 0 Å². The number of pyridine rings is 1. The predicted octanol–water partition coefficient (Wildman–Crippen LogP) is 1.68. The molecule has 2 heterocycles. The lowest BCUT2D eigenvalue weighted by atomic mass is 10.2. The molecular weight excluding hydrogens is 242 g/mol. The van der Waals surface area contributed by atoms with E-state index in [-0.39, 0.29) is 5.91 Å². The molecule has 0 spiro atoms. The van der Waals surface area contributed by atoms with Crippen LogP contribution in [0.2, 0.25) is 0 Å². The van der Waals surface area contributed by atoms with E-state index in [1.54, 1.807) is 11.1 Å². The van der Waals surface area contributed by atoms with Crippen LogP contribution in [-0.2, 0) is 9.53 Å². The Morgan fingerprint density at radius 2 is 2.16 bits per heavy atom. The van der Waals surface area contributed by atoms with Crippen LogP contribution in [0.15, 0.2) is 18.3 Å². The SMILES string of the molecule is CCC(=O)N(CC)c1ncccc1N1CCOCC1. The van der Waals surface area contributed by atoms with Crippen molar-refractivity contribution >= 4 is 17.4 Å². The number of morpholine rings is 1. The van der Waals surface area contributed by atoms with E-state index in [0.29, 0.717) is 13.0 Å². The number of amides is 1. The van der Waals surface area contributed by atoms with Crippen LogP contribution in [0.25, 0.3) is 0 Å². The number of nitrogens with zero attached hydrogens (tertiary/aromatic N) is 3. The van der Waals surface area contributed by atoms with Crippen molar-refractivity contribution in [1.82, 2.24) is 4.98 Å². The normalized spacial score (nSPS) is 15.4. The van der Waals surface area contributed by atoms with Gasteiger partial charge in [0.2, 0.25) is 5.91 Å². The van der Waals surface area contributed by atoms with Crippen molar-refractivity contribution in [2.45, 2.75) is 20.3 Å². The lowest BCUT2D eigenvalue weighted by molar-refractivity contribution is -0.118. The molecule has 19 heavy (non-hydrogen) atoms. The summed E-state index contributed by atoms with van der Waals surface area (Å²) >= 11 is 0. The first-order valence-electron chi connectivity index (χ1n) is 6.86. The second-order valence-corrected chi connectivity index (χ2v) is 4.44. The van der Waals surface area contributed by atoms with Gasteiger partial charge in [-0.25, -0.2) is 4.98 Å². The molecule has 5 heteroatoms. The zero-order valence-corrected chi connectivity index (χ0v) is 11.6. The molecule has 0 saturated carbocycles. The Morgan fingerprint density at radius 3 is 2.79 bits per heavy atom. The van der Waals surface area contributed by atoms with Crippen LogP contribution in [0.4, 0.5) is 11.5 Å². The highest BCUT2D eigenvalue weighted by Gasteiger charge is 2.21. The minimum atomic E-state index is 0.107. The Labute approximate surface area is 114 Å². The fourth-order valence-corrected chi connectivity index (χ4v) is 2.28. The molecule has 1 saturated heterocycles. The Hall–Kier alpha value is -1.62. The molecule has 1 aromatic rings. The van der Waals surface area contributed by atoms with Gasteiger partial charge in [0.1, 0.15) is 0 Å². The van der Waals surface area contributed by atoms with E-state index in [0.717, 1.165) is 37.8 Å². The summed E-state index contributed by atoms with van der Waals surface area (Å²) in [6.45, 7) is 7.63. The van der Waals surface area contributed by atoms with Crippen LogP contribution in [0.3, 0.4) is 0 Å². The highest BCUT2D eigenvalue weighted by Crippen LogP contribution is 2.27. The van der Waals surface area contributed by atoms with Gasteiger partial charge in [0.05, 0.1) is 18.9 Å². The highest BCUT2D eigenvalue weighted by atomic mass is 16.5. The minimum absolute atomic E-state index is 0.107. The quantitative estimate of drug-likeness (QED) is 0.829. The summed E-state index contributed by atoms with van der Waals surface area (Å²) in [6, 6.07) is 3.94. The molecule has 0 radical (unpaired) electrons. The van der Waals surface area contributed by atoms with E-state index >= 15 is 0 Å². The fraction of sp³-hybridized carbons (Fsp3) is 0.571. The van der Waals surface area contributed by atoms with Gasteiger partial charge >= 0.3 is 0 Å². The van der Waals surface area contributed by atoms with Gasteiger partial charge in [-0.2, -0.15) is 0 Å². The largest absolute Gasteiger partial charge is 0.378 e. The molecular formula is C14H21N3O2. The molecule has 104 valence electrons. The first-order valence-corrected chi connectivity index (χ1v) is 6.86. The van der Waals surface area contributed by atoms with Crippen LogP contribution in [0, 0.1) is 0 Å². The van der Waals surface area contributed by atoms with Gasteiger partial charge in [0, 0.05) is 32.3 Å². The Balaban J connectivity index is 2.31. The molecule has 0 atom stereocenters.